The number of nitrogens with one attached hydrogen (secondary N) is 1. The number of nitrogens with zero attached hydrogens (tertiary/aromatic N) is 2. The molecule has 0 saturated carbocycles. The molecule has 4 nitrogen and oxygen atoms in total. The van der Waals surface area contributed by atoms with Crippen LogP contribution in [-0.4, -0.2) is 22.0 Å². The van der Waals surface area contributed by atoms with Gasteiger partial charge in [-0.2, -0.15) is 0 Å². The first-order chi connectivity index (χ1) is 8.72. The molecule has 1 N–H and O–H groups in total. The molecule has 1 aromatic carbocycles. The first-order valence-electron chi connectivity index (χ1n) is 5.90. The lowest BCUT2D eigenvalue weighted by Gasteiger charge is -2.03. The molecule has 0 radical (unpaired) electrons. The lowest BCUT2D eigenvalue weighted by atomic mass is 10.1. The van der Waals surface area contributed by atoms with Gasteiger partial charge in [0.1, 0.15) is 0 Å². The molecule has 1 amide bonds. The second kappa shape index (κ2) is 5.73. The highest BCUT2D eigenvalue weighted by Gasteiger charge is 2.17. The maximum atomic E-state index is 11.9. The predicted octanol–water partition coefficient (Wildman–Crippen LogP) is 2.65. The van der Waals surface area contributed by atoms with Crippen LogP contribution in [0.3, 0.4) is 0 Å². The quantitative estimate of drug-likeness (QED) is 0.920. The van der Waals surface area contributed by atoms with Crippen LogP contribution in [0.2, 0.25) is 0 Å². The molecule has 0 bridgehead atoms. The molecule has 0 aliphatic carbocycles. The molecule has 18 heavy (non-hydrogen) atoms. The number of carbonyl (C=O) groups is 1. The number of hydrogen-bond acceptors (Lipinski definition) is 4. The third kappa shape index (κ3) is 2.73. The van der Waals surface area contributed by atoms with Crippen molar-refractivity contribution in [1.82, 2.24) is 14.9 Å². The van der Waals surface area contributed by atoms with Crippen LogP contribution < -0.4 is 5.32 Å². The van der Waals surface area contributed by atoms with Gasteiger partial charge in [0.15, 0.2) is 5.69 Å². The molecule has 0 aliphatic heterocycles. The summed E-state index contributed by atoms with van der Waals surface area (Å²) in [5.74, 6) is -0.152. The lowest BCUT2D eigenvalue weighted by molar-refractivity contribution is 0.0949. The SMILES string of the molecule is CCCNC(=O)c1nnsc1-c1ccc(C)cc1. The van der Waals surface area contributed by atoms with Crippen LogP contribution in [0, 0.1) is 6.92 Å². The Labute approximate surface area is 110 Å². The van der Waals surface area contributed by atoms with E-state index in [1.807, 2.05) is 38.1 Å². The molecule has 1 heterocycles. The molecule has 5 heteroatoms. The van der Waals surface area contributed by atoms with E-state index in [9.17, 15) is 4.79 Å². The minimum absolute atomic E-state index is 0.152. The average Bonchev–Trinajstić information content (AvgIpc) is 2.86. The normalized spacial score (nSPS) is 10.3. The number of benzene rings is 1. The van der Waals surface area contributed by atoms with Gasteiger partial charge in [0.25, 0.3) is 5.91 Å². The van der Waals surface area contributed by atoms with Gasteiger partial charge in [0.05, 0.1) is 4.88 Å². The van der Waals surface area contributed by atoms with E-state index in [1.165, 1.54) is 17.1 Å². The van der Waals surface area contributed by atoms with Crippen LogP contribution in [0.25, 0.3) is 10.4 Å². The molecule has 0 fully saturated rings. The van der Waals surface area contributed by atoms with Crippen LogP contribution in [0.1, 0.15) is 29.4 Å². The molecular weight excluding hydrogens is 246 g/mol. The second-order valence-electron chi connectivity index (χ2n) is 4.07. The van der Waals surface area contributed by atoms with Gasteiger partial charge in [-0.05, 0) is 30.4 Å². The summed E-state index contributed by atoms with van der Waals surface area (Å²) in [5, 5.41) is 6.75. The first-order valence-corrected chi connectivity index (χ1v) is 6.67. The zero-order valence-corrected chi connectivity index (χ0v) is 11.3. The van der Waals surface area contributed by atoms with Crippen molar-refractivity contribution in [3.8, 4) is 10.4 Å². The molecule has 0 aliphatic rings. The predicted molar refractivity (Wildman–Crippen MR) is 72.7 cm³/mol. The Bertz CT molecular complexity index is 533. The first kappa shape index (κ1) is 12.7. The number of carbonyl (C=O) groups excluding carboxylic acids is 1. The van der Waals surface area contributed by atoms with Crippen molar-refractivity contribution in [2.24, 2.45) is 0 Å². The van der Waals surface area contributed by atoms with Crippen molar-refractivity contribution in [3.63, 3.8) is 0 Å². The summed E-state index contributed by atoms with van der Waals surface area (Å²) in [6.07, 6.45) is 0.906. The number of amides is 1. The Kier molecular flexibility index (Phi) is 4.04. The van der Waals surface area contributed by atoms with Gasteiger partial charge >= 0.3 is 0 Å². The molecule has 2 aromatic rings. The zero-order valence-electron chi connectivity index (χ0n) is 10.4. The highest BCUT2D eigenvalue weighted by Crippen LogP contribution is 2.26. The summed E-state index contributed by atoms with van der Waals surface area (Å²) in [6, 6.07) is 8.01. The summed E-state index contributed by atoms with van der Waals surface area (Å²) in [6.45, 7) is 4.70. The molecule has 0 saturated heterocycles. The second-order valence-corrected chi connectivity index (χ2v) is 4.83. The Morgan fingerprint density at radius 1 is 1.33 bits per heavy atom. The van der Waals surface area contributed by atoms with Gasteiger partial charge in [-0.15, -0.1) is 5.10 Å². The zero-order chi connectivity index (χ0) is 13.0. The molecule has 0 unspecified atom stereocenters. The van der Waals surface area contributed by atoms with Crippen LogP contribution in [0.5, 0.6) is 0 Å². The number of hydrogen-bond donors (Lipinski definition) is 1. The number of aromatic nitrogens is 2. The maximum absolute atomic E-state index is 11.9. The fourth-order valence-corrected chi connectivity index (χ4v) is 2.22. The summed E-state index contributed by atoms with van der Waals surface area (Å²) < 4.78 is 3.88. The van der Waals surface area contributed by atoms with E-state index in [1.54, 1.807) is 0 Å². The molecule has 94 valence electrons. The van der Waals surface area contributed by atoms with Gasteiger partial charge in [-0.25, -0.2) is 0 Å². The van der Waals surface area contributed by atoms with Gasteiger partial charge in [-0.1, -0.05) is 41.2 Å². The topological polar surface area (TPSA) is 54.9 Å². The highest BCUT2D eigenvalue weighted by molar-refractivity contribution is 7.09. The highest BCUT2D eigenvalue weighted by atomic mass is 32.1. The molecule has 0 atom stereocenters. The fraction of sp³-hybridized carbons (Fsp3) is 0.308. The van der Waals surface area contributed by atoms with Crippen LogP contribution in [-0.2, 0) is 0 Å². The molecule has 2 rings (SSSR count). The molecular formula is C13H15N3OS. The monoisotopic (exact) mass is 261 g/mol. The van der Waals surface area contributed by atoms with E-state index < -0.39 is 0 Å². The van der Waals surface area contributed by atoms with Crippen molar-refractivity contribution < 1.29 is 4.79 Å². The summed E-state index contributed by atoms with van der Waals surface area (Å²) in [7, 11) is 0. The average molecular weight is 261 g/mol. The number of aryl methyl sites for hydroxylation is 1. The third-order valence-electron chi connectivity index (χ3n) is 2.55. The van der Waals surface area contributed by atoms with Gasteiger partial charge in [-0.3, -0.25) is 4.79 Å². The Balaban J connectivity index is 2.27. The van der Waals surface area contributed by atoms with E-state index >= 15 is 0 Å². The fourth-order valence-electron chi connectivity index (χ4n) is 1.56. The molecule has 0 spiro atoms. The van der Waals surface area contributed by atoms with Crippen LogP contribution in [0.4, 0.5) is 0 Å². The van der Waals surface area contributed by atoms with Crippen molar-refractivity contribution in [3.05, 3.63) is 35.5 Å². The van der Waals surface area contributed by atoms with E-state index in [2.05, 4.69) is 14.9 Å². The Hall–Kier alpha value is -1.75. The standard InChI is InChI=1S/C13H15N3OS/c1-3-8-14-13(17)11-12(18-16-15-11)10-6-4-9(2)5-7-10/h4-7H,3,8H2,1-2H3,(H,14,17). The van der Waals surface area contributed by atoms with Crippen molar-refractivity contribution in [2.75, 3.05) is 6.54 Å². The van der Waals surface area contributed by atoms with Crippen molar-refractivity contribution in [2.45, 2.75) is 20.3 Å². The van der Waals surface area contributed by atoms with E-state index in [4.69, 9.17) is 0 Å². The van der Waals surface area contributed by atoms with E-state index in [0.717, 1.165) is 16.9 Å². The summed E-state index contributed by atoms with van der Waals surface area (Å²) >= 11 is 1.25. The third-order valence-corrected chi connectivity index (χ3v) is 3.33. The van der Waals surface area contributed by atoms with Gasteiger partial charge in [0.2, 0.25) is 0 Å². The minimum Gasteiger partial charge on any atom is -0.351 e. The minimum atomic E-state index is -0.152. The largest absolute Gasteiger partial charge is 0.351 e. The summed E-state index contributed by atoms with van der Waals surface area (Å²) in [5.41, 5.74) is 2.59. The van der Waals surface area contributed by atoms with E-state index in [-0.39, 0.29) is 5.91 Å². The van der Waals surface area contributed by atoms with Gasteiger partial charge in [0, 0.05) is 6.54 Å². The van der Waals surface area contributed by atoms with Gasteiger partial charge < -0.3 is 5.32 Å². The maximum Gasteiger partial charge on any atom is 0.273 e. The summed E-state index contributed by atoms with van der Waals surface area (Å²) in [4.78, 5) is 12.7. The lowest BCUT2D eigenvalue weighted by Crippen LogP contribution is -2.24. The van der Waals surface area contributed by atoms with Crippen LogP contribution >= 0.6 is 11.5 Å². The number of rotatable bonds is 4. The van der Waals surface area contributed by atoms with Crippen molar-refractivity contribution in [1.29, 1.82) is 0 Å². The van der Waals surface area contributed by atoms with Crippen LogP contribution in [0.15, 0.2) is 24.3 Å². The Morgan fingerprint density at radius 2 is 2.06 bits per heavy atom. The van der Waals surface area contributed by atoms with Crippen molar-refractivity contribution >= 4 is 17.4 Å². The Morgan fingerprint density at radius 3 is 2.72 bits per heavy atom. The smallest absolute Gasteiger partial charge is 0.273 e. The van der Waals surface area contributed by atoms with E-state index in [0.29, 0.717) is 12.2 Å². The molecule has 1 aromatic heterocycles.